The summed E-state index contributed by atoms with van der Waals surface area (Å²) in [5, 5.41) is -0.830. The Bertz CT molecular complexity index is 1460. The normalized spacial score (nSPS) is 17.8. The van der Waals surface area contributed by atoms with E-state index in [0.717, 1.165) is 17.7 Å². The van der Waals surface area contributed by atoms with Gasteiger partial charge < -0.3 is 10.6 Å². The Kier molecular flexibility index (Phi) is 6.13. The van der Waals surface area contributed by atoms with Crippen LogP contribution in [0.15, 0.2) is 73.0 Å². The van der Waals surface area contributed by atoms with E-state index in [2.05, 4.69) is 27.0 Å². The Morgan fingerprint density at radius 3 is 2.60 bits per heavy atom. The highest BCUT2D eigenvalue weighted by atomic mass is 35.5. The summed E-state index contributed by atoms with van der Waals surface area (Å²) in [6, 6.07) is 14.3. The molecule has 8 heteroatoms. The third-order valence-corrected chi connectivity index (χ3v) is 6.31. The first-order chi connectivity index (χ1) is 16.8. The van der Waals surface area contributed by atoms with Crippen molar-refractivity contribution in [1.82, 2.24) is 19.4 Å². The van der Waals surface area contributed by atoms with Crippen LogP contribution in [0.4, 0.5) is 14.6 Å². The average molecular weight is 492 g/mol. The van der Waals surface area contributed by atoms with E-state index >= 15 is 4.39 Å². The summed E-state index contributed by atoms with van der Waals surface area (Å²) >= 11 is 6.20. The number of pyridine rings is 1. The largest absolute Gasteiger partial charge is 0.383 e. The first-order valence-electron chi connectivity index (χ1n) is 11.2. The number of benzene rings is 2. The highest BCUT2D eigenvalue weighted by molar-refractivity contribution is 6.23. The monoisotopic (exact) mass is 491 g/mol. The number of halogens is 3. The second-order valence-electron chi connectivity index (χ2n) is 8.82. The van der Waals surface area contributed by atoms with E-state index in [-0.39, 0.29) is 5.82 Å². The maximum Gasteiger partial charge on any atom is 0.160 e. The number of fused-ring (bicyclic) bond motifs is 1. The minimum atomic E-state index is -1.48. The van der Waals surface area contributed by atoms with E-state index in [1.165, 1.54) is 17.7 Å². The van der Waals surface area contributed by atoms with Crippen molar-refractivity contribution in [2.45, 2.75) is 18.1 Å². The van der Waals surface area contributed by atoms with Crippen molar-refractivity contribution in [2.75, 3.05) is 19.8 Å². The number of rotatable bonds is 5. The highest BCUT2D eigenvalue weighted by Crippen LogP contribution is 2.37. The van der Waals surface area contributed by atoms with Gasteiger partial charge in [-0.3, -0.25) is 4.57 Å². The molecule has 178 valence electrons. The molecule has 0 radical (unpaired) electrons. The van der Waals surface area contributed by atoms with E-state index in [1.54, 1.807) is 35.1 Å². The van der Waals surface area contributed by atoms with Crippen LogP contribution in [-0.4, -0.2) is 45.1 Å². The number of imidazole rings is 1. The van der Waals surface area contributed by atoms with Crippen molar-refractivity contribution >= 4 is 34.1 Å². The maximum absolute atomic E-state index is 15.3. The predicted octanol–water partition coefficient (Wildman–Crippen LogP) is 5.90. The number of nitrogens with zero attached hydrogens (tertiary/aromatic N) is 4. The smallest absolute Gasteiger partial charge is 0.160 e. The molecule has 35 heavy (non-hydrogen) atoms. The third kappa shape index (κ3) is 4.45. The highest BCUT2D eigenvalue weighted by Gasteiger charge is 2.29. The Balaban J connectivity index is 1.67. The quantitative estimate of drug-likeness (QED) is 0.353. The minimum absolute atomic E-state index is 0.236. The molecule has 0 bridgehead atoms. The first-order valence-corrected chi connectivity index (χ1v) is 11.6. The molecule has 2 heterocycles. The predicted molar refractivity (Wildman–Crippen MR) is 138 cm³/mol. The lowest BCUT2D eigenvalue weighted by Crippen LogP contribution is -2.22. The maximum atomic E-state index is 15.3. The Morgan fingerprint density at radius 2 is 1.86 bits per heavy atom. The van der Waals surface area contributed by atoms with Gasteiger partial charge in [-0.15, -0.1) is 11.6 Å². The minimum Gasteiger partial charge on any atom is -0.383 e. The fraction of sp³-hybridized carbons (Fsp3) is 0.185. The average Bonchev–Trinajstić information content (AvgIpc) is 3.19. The molecule has 2 unspecified atom stereocenters. The molecule has 0 aliphatic heterocycles. The number of hydrogen-bond donors (Lipinski definition) is 1. The van der Waals surface area contributed by atoms with Crippen molar-refractivity contribution in [3.8, 4) is 22.5 Å². The summed E-state index contributed by atoms with van der Waals surface area (Å²) in [5.41, 5.74) is 11.0. The third-order valence-electron chi connectivity index (χ3n) is 5.94. The first kappa shape index (κ1) is 23.2. The number of hydrogen-bond acceptors (Lipinski definition) is 4. The summed E-state index contributed by atoms with van der Waals surface area (Å²) in [4.78, 5) is 11.1. The molecular weight excluding hydrogens is 468 g/mol. The van der Waals surface area contributed by atoms with Gasteiger partial charge in [-0.25, -0.2) is 18.7 Å². The molecule has 5 nitrogen and oxygen atoms in total. The summed E-state index contributed by atoms with van der Waals surface area (Å²) in [5.74, 6) is 0.172. The van der Waals surface area contributed by atoms with Gasteiger partial charge in [0.05, 0.1) is 27.7 Å². The molecule has 0 saturated heterocycles. The van der Waals surface area contributed by atoms with Gasteiger partial charge in [0.1, 0.15) is 17.5 Å². The van der Waals surface area contributed by atoms with Gasteiger partial charge in [0.25, 0.3) is 0 Å². The van der Waals surface area contributed by atoms with Gasteiger partial charge >= 0.3 is 0 Å². The molecule has 1 aliphatic rings. The molecule has 2 aromatic carbocycles. The molecule has 2 aromatic heterocycles. The standard InChI is InChI=1S/C27H24ClF2N5/c1-34(2)15-16-6-8-17(9-7-16)18-12-20(26(31)32-14-18)27-33-22-13-19(29)10-11-23(22)35(27)24-5-3-4-21(28)25(24)30/h3-14,21,25H,15H2,1-2H3,(H2,31,32). The van der Waals surface area contributed by atoms with Crippen LogP contribution in [0.5, 0.6) is 0 Å². The topological polar surface area (TPSA) is 60.0 Å². The van der Waals surface area contributed by atoms with Crippen LogP contribution in [0.1, 0.15) is 5.56 Å². The molecule has 2 atom stereocenters. The lowest BCUT2D eigenvalue weighted by Gasteiger charge is -2.22. The van der Waals surface area contributed by atoms with Gasteiger partial charge in [-0.05, 0) is 49.5 Å². The van der Waals surface area contributed by atoms with Crippen LogP contribution < -0.4 is 5.73 Å². The van der Waals surface area contributed by atoms with E-state index < -0.39 is 17.4 Å². The van der Waals surface area contributed by atoms with Crippen LogP contribution in [0, 0.1) is 5.82 Å². The van der Waals surface area contributed by atoms with Crippen molar-refractivity contribution in [1.29, 1.82) is 0 Å². The Labute approximate surface area is 207 Å². The molecule has 4 aromatic rings. The van der Waals surface area contributed by atoms with Crippen molar-refractivity contribution in [3.63, 3.8) is 0 Å². The molecule has 0 saturated carbocycles. The van der Waals surface area contributed by atoms with Crippen LogP contribution in [0.2, 0.25) is 0 Å². The van der Waals surface area contributed by atoms with E-state index in [1.807, 2.05) is 32.3 Å². The number of allylic oxidation sites excluding steroid dienone is 4. The molecule has 5 rings (SSSR count). The lowest BCUT2D eigenvalue weighted by molar-refractivity contribution is 0.402. The number of aromatic nitrogens is 3. The molecule has 0 amide bonds. The van der Waals surface area contributed by atoms with Crippen LogP contribution >= 0.6 is 11.6 Å². The Hall–Kier alpha value is -3.55. The zero-order chi connectivity index (χ0) is 24.7. The summed E-state index contributed by atoms with van der Waals surface area (Å²) in [7, 11) is 4.04. The number of nitrogens with two attached hydrogens (primary N) is 1. The van der Waals surface area contributed by atoms with Crippen LogP contribution in [0.25, 0.3) is 39.2 Å². The second-order valence-corrected chi connectivity index (χ2v) is 9.32. The lowest BCUT2D eigenvalue weighted by atomic mass is 10.0. The summed E-state index contributed by atoms with van der Waals surface area (Å²) < 4.78 is 30.9. The second kappa shape index (κ2) is 9.24. The number of anilines is 1. The summed E-state index contributed by atoms with van der Waals surface area (Å²) in [6.45, 7) is 0.835. The zero-order valence-electron chi connectivity index (χ0n) is 19.3. The van der Waals surface area contributed by atoms with Gasteiger partial charge in [-0.1, -0.05) is 36.4 Å². The Morgan fingerprint density at radius 1 is 1.09 bits per heavy atom. The molecule has 0 spiro atoms. The van der Waals surface area contributed by atoms with Gasteiger partial charge in [0.15, 0.2) is 6.17 Å². The zero-order valence-corrected chi connectivity index (χ0v) is 20.0. The summed E-state index contributed by atoms with van der Waals surface area (Å²) in [6.07, 6.45) is 5.15. The fourth-order valence-corrected chi connectivity index (χ4v) is 4.50. The molecule has 1 aliphatic carbocycles. The molecular formula is C27H24ClF2N5. The van der Waals surface area contributed by atoms with Gasteiger partial charge in [0.2, 0.25) is 0 Å². The van der Waals surface area contributed by atoms with Crippen LogP contribution in [0.3, 0.4) is 0 Å². The van der Waals surface area contributed by atoms with Crippen molar-refractivity contribution in [3.05, 3.63) is 84.3 Å². The SMILES string of the molecule is CN(C)Cc1ccc(-c2cnc(N)c(-c3nc4cc(F)ccc4n3C3=CC=CC(Cl)C3F)c2)cc1. The van der Waals surface area contributed by atoms with Crippen molar-refractivity contribution in [2.24, 2.45) is 0 Å². The molecule has 2 N–H and O–H groups in total. The number of nitrogen functional groups attached to an aromatic ring is 1. The molecule has 0 fully saturated rings. The number of alkyl halides is 2. The van der Waals surface area contributed by atoms with E-state index in [4.69, 9.17) is 17.3 Å². The fourth-order valence-electron chi connectivity index (χ4n) is 4.29. The van der Waals surface area contributed by atoms with E-state index in [0.29, 0.717) is 28.1 Å². The van der Waals surface area contributed by atoms with Gasteiger partial charge in [0, 0.05) is 24.4 Å². The van der Waals surface area contributed by atoms with Crippen LogP contribution in [-0.2, 0) is 6.54 Å². The van der Waals surface area contributed by atoms with Gasteiger partial charge in [-0.2, -0.15) is 0 Å². The van der Waals surface area contributed by atoms with Crippen molar-refractivity contribution < 1.29 is 8.78 Å². The van der Waals surface area contributed by atoms with E-state index in [9.17, 15) is 4.39 Å².